The zero-order valence-electron chi connectivity index (χ0n) is 10.2. The zero-order valence-corrected chi connectivity index (χ0v) is 10.2. The Morgan fingerprint density at radius 1 is 0.941 bits per heavy atom. The molecule has 0 saturated carbocycles. The molecule has 0 bridgehead atoms. The second-order valence-corrected chi connectivity index (χ2v) is 4.37. The van der Waals surface area contributed by atoms with Crippen molar-refractivity contribution in [1.82, 2.24) is 0 Å². The van der Waals surface area contributed by atoms with Crippen molar-refractivity contribution < 1.29 is 4.79 Å². The van der Waals surface area contributed by atoms with Crippen LogP contribution in [0.4, 0.5) is 0 Å². The van der Waals surface area contributed by atoms with Gasteiger partial charge in [-0.2, -0.15) is 0 Å². The van der Waals surface area contributed by atoms with Crippen LogP contribution in [0.15, 0.2) is 54.6 Å². The first-order valence-electron chi connectivity index (χ1n) is 5.80. The molecule has 0 spiro atoms. The van der Waals surface area contributed by atoms with E-state index in [0.29, 0.717) is 0 Å². The summed E-state index contributed by atoms with van der Waals surface area (Å²) in [5.41, 5.74) is 3.32. The molecule has 1 nitrogen and oxygen atoms in total. The highest BCUT2D eigenvalue weighted by Crippen LogP contribution is 2.25. The monoisotopic (exact) mass is 224 g/mol. The molecule has 2 rings (SSSR count). The highest BCUT2D eigenvalue weighted by Gasteiger charge is 2.18. The van der Waals surface area contributed by atoms with Crippen LogP contribution in [0.2, 0.25) is 0 Å². The minimum atomic E-state index is -0.143. The van der Waals surface area contributed by atoms with Crippen LogP contribution in [0.5, 0.6) is 0 Å². The van der Waals surface area contributed by atoms with Crippen molar-refractivity contribution in [3.8, 4) is 0 Å². The van der Waals surface area contributed by atoms with Crippen molar-refractivity contribution in [3.05, 3.63) is 71.3 Å². The minimum Gasteiger partial charge on any atom is -0.299 e. The van der Waals surface area contributed by atoms with E-state index in [1.54, 1.807) is 6.92 Å². The average molecular weight is 224 g/mol. The largest absolute Gasteiger partial charge is 0.299 e. The predicted molar refractivity (Wildman–Crippen MR) is 70.1 cm³/mol. The van der Waals surface area contributed by atoms with Crippen molar-refractivity contribution in [3.63, 3.8) is 0 Å². The molecule has 0 aliphatic heterocycles. The van der Waals surface area contributed by atoms with Crippen LogP contribution >= 0.6 is 0 Å². The number of ketones is 1. The van der Waals surface area contributed by atoms with Crippen LogP contribution < -0.4 is 0 Å². The van der Waals surface area contributed by atoms with E-state index in [9.17, 15) is 4.79 Å². The summed E-state index contributed by atoms with van der Waals surface area (Å²) in [5, 5.41) is 0. The quantitative estimate of drug-likeness (QED) is 0.776. The van der Waals surface area contributed by atoms with Gasteiger partial charge in [0, 0.05) is 0 Å². The van der Waals surface area contributed by atoms with Gasteiger partial charge in [0.05, 0.1) is 5.92 Å². The fraction of sp³-hybridized carbons (Fsp3) is 0.188. The molecule has 0 saturated heterocycles. The Bertz CT molecular complexity index is 514. The van der Waals surface area contributed by atoms with Gasteiger partial charge in [0.15, 0.2) is 0 Å². The normalized spacial score (nSPS) is 12.1. The number of rotatable bonds is 3. The van der Waals surface area contributed by atoms with E-state index in [2.05, 4.69) is 6.07 Å². The summed E-state index contributed by atoms with van der Waals surface area (Å²) in [4.78, 5) is 11.9. The molecule has 2 aromatic rings. The average Bonchev–Trinajstić information content (AvgIpc) is 2.30. The van der Waals surface area contributed by atoms with E-state index in [1.807, 2.05) is 55.5 Å². The molecule has 0 radical (unpaired) electrons. The lowest BCUT2D eigenvalue weighted by Crippen LogP contribution is -2.10. The van der Waals surface area contributed by atoms with Gasteiger partial charge in [0.25, 0.3) is 0 Å². The molecule has 86 valence electrons. The standard InChI is InChI=1S/C16H16O/c1-12-7-6-10-15(11-12)16(13(2)17)14-8-4-3-5-9-14/h3-11,16H,1-2H3. The van der Waals surface area contributed by atoms with Gasteiger partial charge in [-0.15, -0.1) is 0 Å². The first-order valence-corrected chi connectivity index (χ1v) is 5.80. The molecule has 0 aliphatic rings. The van der Waals surface area contributed by atoms with E-state index in [0.717, 1.165) is 11.1 Å². The summed E-state index contributed by atoms with van der Waals surface area (Å²) in [6.07, 6.45) is 0. The number of aryl methyl sites for hydroxylation is 1. The highest BCUT2D eigenvalue weighted by molar-refractivity contribution is 5.86. The molecule has 0 fully saturated rings. The van der Waals surface area contributed by atoms with Crippen molar-refractivity contribution in [2.75, 3.05) is 0 Å². The number of benzene rings is 2. The molecule has 1 atom stereocenters. The first-order chi connectivity index (χ1) is 8.18. The van der Waals surface area contributed by atoms with E-state index >= 15 is 0 Å². The third-order valence-electron chi connectivity index (χ3n) is 2.91. The molecule has 1 unspecified atom stereocenters. The topological polar surface area (TPSA) is 17.1 Å². The van der Waals surface area contributed by atoms with Crippen LogP contribution in [0.1, 0.15) is 29.5 Å². The fourth-order valence-electron chi connectivity index (χ4n) is 2.16. The molecule has 0 N–H and O–H groups in total. The van der Waals surface area contributed by atoms with Crippen molar-refractivity contribution in [2.45, 2.75) is 19.8 Å². The Kier molecular flexibility index (Phi) is 3.38. The molecule has 0 amide bonds. The van der Waals surface area contributed by atoms with Crippen molar-refractivity contribution in [2.24, 2.45) is 0 Å². The summed E-state index contributed by atoms with van der Waals surface area (Å²) in [5.74, 6) is 0.0397. The maximum Gasteiger partial charge on any atom is 0.141 e. The molecule has 2 aromatic carbocycles. The lowest BCUT2D eigenvalue weighted by atomic mass is 9.88. The summed E-state index contributed by atoms with van der Waals surface area (Å²) < 4.78 is 0. The summed E-state index contributed by atoms with van der Waals surface area (Å²) in [6.45, 7) is 3.70. The van der Waals surface area contributed by atoms with Gasteiger partial charge in [-0.1, -0.05) is 60.2 Å². The minimum absolute atomic E-state index is 0.143. The Hall–Kier alpha value is -1.89. The molecule has 0 heterocycles. The van der Waals surface area contributed by atoms with Crippen molar-refractivity contribution >= 4 is 5.78 Å². The summed E-state index contributed by atoms with van der Waals surface area (Å²) in [7, 11) is 0. The Balaban J connectivity index is 2.47. The van der Waals surface area contributed by atoms with E-state index in [4.69, 9.17) is 0 Å². The highest BCUT2D eigenvalue weighted by atomic mass is 16.1. The third-order valence-corrected chi connectivity index (χ3v) is 2.91. The third kappa shape index (κ3) is 2.62. The van der Waals surface area contributed by atoms with Gasteiger partial charge < -0.3 is 0 Å². The second-order valence-electron chi connectivity index (χ2n) is 4.37. The maximum atomic E-state index is 11.9. The molecule has 1 heteroatoms. The summed E-state index contributed by atoms with van der Waals surface area (Å²) >= 11 is 0. The van der Waals surface area contributed by atoms with Crippen molar-refractivity contribution in [1.29, 1.82) is 0 Å². The molecule has 0 aromatic heterocycles. The molecule has 17 heavy (non-hydrogen) atoms. The Morgan fingerprint density at radius 2 is 1.59 bits per heavy atom. The Morgan fingerprint density at radius 3 is 2.18 bits per heavy atom. The fourth-order valence-corrected chi connectivity index (χ4v) is 2.16. The van der Waals surface area contributed by atoms with E-state index in [1.165, 1.54) is 5.56 Å². The first kappa shape index (κ1) is 11.6. The smallest absolute Gasteiger partial charge is 0.141 e. The number of carbonyl (C=O) groups excluding carboxylic acids is 1. The molecular weight excluding hydrogens is 208 g/mol. The predicted octanol–water partition coefficient (Wildman–Crippen LogP) is 3.72. The SMILES string of the molecule is CC(=O)C(c1ccccc1)c1cccc(C)c1. The number of hydrogen-bond acceptors (Lipinski definition) is 1. The van der Waals surface area contributed by atoms with E-state index in [-0.39, 0.29) is 11.7 Å². The van der Waals surface area contributed by atoms with Crippen LogP contribution in [0.25, 0.3) is 0 Å². The number of hydrogen-bond donors (Lipinski definition) is 0. The van der Waals surface area contributed by atoms with Gasteiger partial charge in [0.1, 0.15) is 5.78 Å². The maximum absolute atomic E-state index is 11.9. The Labute approximate surface area is 102 Å². The number of Topliss-reactive ketones (excluding diaryl/α,β-unsaturated/α-hetero) is 1. The van der Waals surface area contributed by atoms with Crippen LogP contribution in [0.3, 0.4) is 0 Å². The van der Waals surface area contributed by atoms with Gasteiger partial charge in [0.2, 0.25) is 0 Å². The second kappa shape index (κ2) is 4.96. The lowest BCUT2D eigenvalue weighted by molar-refractivity contribution is -0.117. The van der Waals surface area contributed by atoms with Crippen LogP contribution in [0, 0.1) is 6.92 Å². The lowest BCUT2D eigenvalue weighted by Gasteiger charge is -2.15. The van der Waals surface area contributed by atoms with E-state index < -0.39 is 0 Å². The number of carbonyl (C=O) groups is 1. The zero-order chi connectivity index (χ0) is 12.3. The van der Waals surface area contributed by atoms with Gasteiger partial charge in [-0.05, 0) is 25.0 Å². The molecular formula is C16H16O. The van der Waals surface area contributed by atoms with Gasteiger partial charge in [-0.3, -0.25) is 4.79 Å². The van der Waals surface area contributed by atoms with Crippen LogP contribution in [-0.2, 0) is 4.79 Å². The molecule has 0 aliphatic carbocycles. The van der Waals surface area contributed by atoms with Crippen LogP contribution in [-0.4, -0.2) is 5.78 Å². The summed E-state index contributed by atoms with van der Waals surface area (Å²) in [6, 6.07) is 18.1. The van der Waals surface area contributed by atoms with Gasteiger partial charge in [-0.25, -0.2) is 0 Å². The van der Waals surface area contributed by atoms with Gasteiger partial charge >= 0.3 is 0 Å².